The number of hydrogen-bond donors (Lipinski definition) is 3. The fourth-order valence-electron chi connectivity index (χ4n) is 7.49. The predicted octanol–water partition coefficient (Wildman–Crippen LogP) is 1.93. The van der Waals surface area contributed by atoms with Crippen molar-refractivity contribution in [3.05, 3.63) is 24.0 Å². The minimum Gasteiger partial charge on any atom is -0.350 e. The Labute approximate surface area is 173 Å². The van der Waals surface area contributed by atoms with E-state index in [2.05, 4.69) is 40.6 Å². The Morgan fingerprint density at radius 1 is 1.17 bits per heavy atom. The molecular weight excluding hydrogens is 364 g/mol. The van der Waals surface area contributed by atoms with Gasteiger partial charge in [-0.3, -0.25) is 10.1 Å². The lowest BCUT2D eigenvalue weighted by Crippen LogP contribution is -3.15. The normalized spacial score (nSPS) is 38.8. The number of quaternary nitrogens is 1. The summed E-state index contributed by atoms with van der Waals surface area (Å²) in [6.07, 6.45) is 11.6. The average molecular weight is 400 g/mol. The summed E-state index contributed by atoms with van der Waals surface area (Å²) >= 11 is 0. The largest absolute Gasteiger partial charge is 0.350 e. The maximum Gasteiger partial charge on any atom is 0.322 e. The molecule has 1 unspecified atom stereocenters. The summed E-state index contributed by atoms with van der Waals surface area (Å²) in [6, 6.07) is 4.02. The molecule has 3 amide bonds. The third-order valence-electron chi connectivity index (χ3n) is 8.35. The van der Waals surface area contributed by atoms with Gasteiger partial charge in [0.25, 0.3) is 5.91 Å². The predicted molar refractivity (Wildman–Crippen MR) is 110 cm³/mol. The molecule has 1 saturated heterocycles. The smallest absolute Gasteiger partial charge is 0.322 e. The van der Waals surface area contributed by atoms with E-state index < -0.39 is 0 Å². The number of likely N-dealkylation sites (tertiary alicyclic amines) is 1. The third kappa shape index (κ3) is 3.49. The zero-order chi connectivity index (χ0) is 20.2. The van der Waals surface area contributed by atoms with Gasteiger partial charge in [0.15, 0.2) is 6.04 Å². The van der Waals surface area contributed by atoms with E-state index in [4.69, 9.17) is 0 Å². The second kappa shape index (κ2) is 7.15. The summed E-state index contributed by atoms with van der Waals surface area (Å²) in [4.78, 5) is 27.0. The van der Waals surface area contributed by atoms with Crippen molar-refractivity contribution in [2.45, 2.75) is 75.9 Å². The lowest BCUT2D eigenvalue weighted by Gasteiger charge is -2.56. The molecule has 1 aromatic heterocycles. The van der Waals surface area contributed by atoms with Crippen LogP contribution in [0, 0.1) is 17.8 Å². The van der Waals surface area contributed by atoms with E-state index in [0.29, 0.717) is 6.04 Å². The molecule has 0 aromatic carbocycles. The van der Waals surface area contributed by atoms with Crippen LogP contribution in [0.3, 0.4) is 0 Å². The topological polar surface area (TPSA) is 67.6 Å². The molecule has 0 radical (unpaired) electrons. The standard InChI is InChI=1S/C23H34N4O2/c1-15(27-8-4-6-20(27)19-5-3-7-26(19)2)21(28)24-22(29)25-23-12-16-9-17(13-23)11-18(10-16)14-23/h3,5,7,15-18,20H,4,6,8-14H2,1-2H3,(H2,24,25,28,29)/p+1/t15-,16?,17?,18?,20-,23?/m1/s1. The van der Waals surface area contributed by atoms with Gasteiger partial charge < -0.3 is 14.8 Å². The van der Waals surface area contributed by atoms with Crippen molar-refractivity contribution >= 4 is 11.9 Å². The Balaban J connectivity index is 1.21. The molecule has 6 rings (SSSR count). The van der Waals surface area contributed by atoms with E-state index >= 15 is 0 Å². The summed E-state index contributed by atoms with van der Waals surface area (Å²) in [5, 5.41) is 5.96. The number of hydrogen-bond acceptors (Lipinski definition) is 2. The number of imide groups is 1. The van der Waals surface area contributed by atoms with Gasteiger partial charge in [-0.25, -0.2) is 4.79 Å². The minimum absolute atomic E-state index is 0.0611. The van der Waals surface area contributed by atoms with Crippen LogP contribution in [0.5, 0.6) is 0 Å². The highest BCUT2D eigenvalue weighted by Gasteiger charge is 2.51. The van der Waals surface area contributed by atoms with Crippen LogP contribution >= 0.6 is 0 Å². The Kier molecular flexibility index (Phi) is 4.72. The number of carbonyl (C=O) groups is 2. The average Bonchev–Trinajstić information content (AvgIpc) is 3.27. The molecule has 5 fully saturated rings. The number of aromatic nitrogens is 1. The van der Waals surface area contributed by atoms with E-state index in [-0.39, 0.29) is 23.5 Å². The van der Waals surface area contributed by atoms with Gasteiger partial charge in [0, 0.05) is 31.6 Å². The van der Waals surface area contributed by atoms with Gasteiger partial charge in [0.2, 0.25) is 0 Å². The highest BCUT2D eigenvalue weighted by Crippen LogP contribution is 2.55. The summed E-state index contributed by atoms with van der Waals surface area (Å²) < 4.78 is 2.15. The monoisotopic (exact) mass is 399 g/mol. The fraction of sp³-hybridized carbons (Fsp3) is 0.739. The molecule has 158 valence electrons. The van der Waals surface area contributed by atoms with Crippen LogP contribution < -0.4 is 15.5 Å². The molecular formula is C23H35N4O2+. The van der Waals surface area contributed by atoms with E-state index in [1.54, 1.807) is 0 Å². The number of carbonyl (C=O) groups excluding carboxylic acids is 2. The molecule has 1 aromatic rings. The van der Waals surface area contributed by atoms with Crippen molar-refractivity contribution < 1.29 is 14.5 Å². The van der Waals surface area contributed by atoms with Gasteiger partial charge in [0.1, 0.15) is 6.04 Å². The van der Waals surface area contributed by atoms with Crippen LogP contribution in [0.25, 0.3) is 0 Å². The number of nitrogens with zero attached hydrogens (tertiary/aromatic N) is 1. The first-order chi connectivity index (χ1) is 13.9. The molecule has 4 aliphatic carbocycles. The maximum atomic E-state index is 12.9. The zero-order valence-corrected chi connectivity index (χ0v) is 17.7. The van der Waals surface area contributed by atoms with Gasteiger partial charge in [-0.1, -0.05) is 0 Å². The molecule has 4 saturated carbocycles. The van der Waals surface area contributed by atoms with Crippen molar-refractivity contribution in [1.29, 1.82) is 0 Å². The fourth-order valence-corrected chi connectivity index (χ4v) is 7.49. The molecule has 4 bridgehead atoms. The van der Waals surface area contributed by atoms with E-state index in [1.807, 2.05) is 6.92 Å². The van der Waals surface area contributed by atoms with E-state index in [1.165, 1.54) is 29.9 Å². The molecule has 0 spiro atoms. The minimum atomic E-state index is -0.280. The highest BCUT2D eigenvalue weighted by molar-refractivity contribution is 5.96. The summed E-state index contributed by atoms with van der Waals surface area (Å²) in [7, 11) is 2.06. The van der Waals surface area contributed by atoms with Crippen molar-refractivity contribution in [2.24, 2.45) is 24.8 Å². The van der Waals surface area contributed by atoms with Gasteiger partial charge in [-0.05, 0) is 75.3 Å². The molecule has 3 N–H and O–H groups in total. The summed E-state index contributed by atoms with van der Waals surface area (Å²) in [5.41, 5.74) is 1.21. The third-order valence-corrected chi connectivity index (χ3v) is 8.35. The van der Waals surface area contributed by atoms with E-state index in [9.17, 15) is 9.59 Å². The maximum absolute atomic E-state index is 12.9. The van der Waals surface area contributed by atoms with Crippen molar-refractivity contribution in [3.63, 3.8) is 0 Å². The van der Waals surface area contributed by atoms with Crippen molar-refractivity contribution in [3.8, 4) is 0 Å². The van der Waals surface area contributed by atoms with Crippen LogP contribution in [0.4, 0.5) is 4.79 Å². The van der Waals surface area contributed by atoms with Crippen LogP contribution in [0.1, 0.15) is 70.0 Å². The highest BCUT2D eigenvalue weighted by atomic mass is 16.2. The second-order valence-corrected chi connectivity index (χ2v) is 10.4. The Hall–Kier alpha value is -1.82. The number of amides is 3. The van der Waals surface area contributed by atoms with Gasteiger partial charge >= 0.3 is 6.03 Å². The van der Waals surface area contributed by atoms with Crippen LogP contribution in [0.2, 0.25) is 0 Å². The Morgan fingerprint density at radius 3 is 2.41 bits per heavy atom. The lowest BCUT2D eigenvalue weighted by atomic mass is 9.53. The van der Waals surface area contributed by atoms with Crippen molar-refractivity contribution in [1.82, 2.24) is 15.2 Å². The molecule has 5 aliphatic rings. The number of aryl methyl sites for hydroxylation is 1. The number of nitrogens with one attached hydrogen (secondary N) is 3. The van der Waals surface area contributed by atoms with Crippen molar-refractivity contribution in [2.75, 3.05) is 6.54 Å². The van der Waals surface area contributed by atoms with Gasteiger partial charge in [-0.2, -0.15) is 0 Å². The SMILES string of the molecule is C[C@H](C(=O)NC(=O)NC12CC3CC(CC(C3)C1)C2)[NH+]1CCC[C@@H]1c1cccn1C. The number of urea groups is 1. The molecule has 6 nitrogen and oxygen atoms in total. The Morgan fingerprint density at radius 2 is 1.83 bits per heavy atom. The molecule has 3 atom stereocenters. The molecule has 2 heterocycles. The second-order valence-electron chi connectivity index (χ2n) is 10.4. The molecule has 29 heavy (non-hydrogen) atoms. The molecule has 6 heteroatoms. The summed E-state index contributed by atoms with van der Waals surface area (Å²) in [6.45, 7) is 2.94. The zero-order valence-electron chi connectivity index (χ0n) is 17.7. The van der Waals surface area contributed by atoms with Gasteiger partial charge in [0.05, 0.1) is 12.2 Å². The Bertz CT molecular complexity index is 765. The van der Waals surface area contributed by atoms with Crippen LogP contribution in [-0.2, 0) is 11.8 Å². The first-order valence-corrected chi connectivity index (χ1v) is 11.5. The number of rotatable bonds is 4. The first kappa shape index (κ1) is 19.2. The van der Waals surface area contributed by atoms with E-state index in [0.717, 1.165) is 56.4 Å². The lowest BCUT2D eigenvalue weighted by molar-refractivity contribution is -0.932. The van der Waals surface area contributed by atoms with Gasteiger partial charge in [-0.15, -0.1) is 0 Å². The van der Waals surface area contributed by atoms with Crippen LogP contribution in [0.15, 0.2) is 18.3 Å². The quantitative estimate of drug-likeness (QED) is 0.724. The molecule has 1 aliphatic heterocycles. The van der Waals surface area contributed by atoms with Crippen LogP contribution in [-0.4, -0.2) is 34.6 Å². The first-order valence-electron chi connectivity index (χ1n) is 11.5. The summed E-state index contributed by atoms with van der Waals surface area (Å²) in [5.74, 6) is 2.17.